The van der Waals surface area contributed by atoms with Crippen molar-refractivity contribution in [3.63, 3.8) is 0 Å². The van der Waals surface area contributed by atoms with Gasteiger partial charge in [-0.25, -0.2) is 26.4 Å². The van der Waals surface area contributed by atoms with Crippen LogP contribution in [0.1, 0.15) is 100 Å². The van der Waals surface area contributed by atoms with E-state index in [2.05, 4.69) is 0 Å². The highest BCUT2D eigenvalue weighted by atomic mass is 32.2. The predicted octanol–water partition coefficient (Wildman–Crippen LogP) is 2.75. The molecule has 30 heteroatoms. The summed E-state index contributed by atoms with van der Waals surface area (Å²) in [4.78, 5) is 73.0. The van der Waals surface area contributed by atoms with E-state index < -0.39 is 110 Å². The van der Waals surface area contributed by atoms with Crippen molar-refractivity contribution in [3.05, 3.63) is 60.2 Å². The summed E-state index contributed by atoms with van der Waals surface area (Å²) >= 11 is 0. The standard InChI is InChI=1S/C38H48N2O14.2CHF3O3S/c1-21-31(19-47-23(3)41)53-36(34(21)50-26(6)44)40-16-8-10-28(18-40)38(46)52-30-13-11-29(12-14-30)51-37(45)27-9-7-15-39(17-27)35-22(2)33(49-25(5)43)32(54-35)20-48-24(4)42;2*2-1(3,4)8(5,6)7/h7-10,15-18,21-22,29-36H,11-14,19-20H2,1-6H3;2*(H,5,6,7)/q+2;;/p-2/t21-,22-,29?,30?,31-,32-,33+,34-,35-,36-;;/m1../s1. The number of pyridine rings is 2. The van der Waals surface area contributed by atoms with Crippen molar-refractivity contribution in [1.82, 2.24) is 0 Å². The average molecular weight is 1050 g/mol. The molecule has 2 aromatic rings. The molecule has 0 amide bonds. The second-order valence-electron chi connectivity index (χ2n) is 15.7. The predicted molar refractivity (Wildman–Crippen MR) is 212 cm³/mol. The maximum absolute atomic E-state index is 13.2. The van der Waals surface area contributed by atoms with E-state index in [1.807, 2.05) is 13.8 Å². The highest BCUT2D eigenvalue weighted by molar-refractivity contribution is 7.86. The zero-order chi connectivity index (χ0) is 53.1. The lowest BCUT2D eigenvalue weighted by Gasteiger charge is -2.28. The molecule has 0 N–H and O–H groups in total. The van der Waals surface area contributed by atoms with E-state index in [0.29, 0.717) is 31.2 Å². The zero-order valence-corrected chi connectivity index (χ0v) is 39.4. The van der Waals surface area contributed by atoms with Gasteiger partial charge in [0.05, 0.1) is 5.92 Å². The second-order valence-corrected chi connectivity index (χ2v) is 18.4. The van der Waals surface area contributed by atoms with Gasteiger partial charge in [-0.2, -0.15) is 35.5 Å². The number of alkyl halides is 6. The van der Waals surface area contributed by atoms with Crippen LogP contribution in [0.15, 0.2) is 49.1 Å². The molecular formula is C40H48F6N2O20S2. The van der Waals surface area contributed by atoms with Crippen molar-refractivity contribution in [2.24, 2.45) is 11.8 Å². The van der Waals surface area contributed by atoms with Gasteiger partial charge in [-0.15, -0.1) is 0 Å². The highest BCUT2D eigenvalue weighted by Crippen LogP contribution is 2.35. The maximum Gasteiger partial charge on any atom is 0.485 e. The molecule has 2 aliphatic heterocycles. The number of aromatic nitrogens is 2. The molecule has 2 saturated heterocycles. The molecule has 392 valence electrons. The number of hydrogen-bond donors (Lipinski definition) is 0. The Morgan fingerprint density at radius 2 is 0.943 bits per heavy atom. The van der Waals surface area contributed by atoms with Crippen LogP contribution in [0, 0.1) is 11.8 Å². The molecule has 0 spiro atoms. The first kappa shape index (κ1) is 58.8. The van der Waals surface area contributed by atoms with Crippen LogP contribution in [0.2, 0.25) is 0 Å². The van der Waals surface area contributed by atoms with Gasteiger partial charge >= 0.3 is 53.1 Å². The third-order valence-corrected chi connectivity index (χ3v) is 11.4. The minimum Gasteiger partial charge on any atom is -0.741 e. The van der Waals surface area contributed by atoms with E-state index >= 15 is 0 Å². The van der Waals surface area contributed by atoms with Crippen LogP contribution in [-0.4, -0.2) is 123 Å². The summed E-state index contributed by atoms with van der Waals surface area (Å²) in [5.41, 5.74) is -10.7. The Balaban J connectivity index is 0.000000693. The van der Waals surface area contributed by atoms with Gasteiger partial charge in [0.1, 0.15) is 54.9 Å². The molecule has 70 heavy (non-hydrogen) atoms. The third-order valence-electron chi connectivity index (χ3n) is 10.3. The number of hydrogen-bond acceptors (Lipinski definition) is 20. The quantitative estimate of drug-likeness (QED) is 0.0737. The normalized spacial score (nSPS) is 25.6. The highest BCUT2D eigenvalue weighted by Gasteiger charge is 2.51. The van der Waals surface area contributed by atoms with Crippen LogP contribution in [-0.2, 0) is 77.3 Å². The summed E-state index contributed by atoms with van der Waals surface area (Å²) in [6, 6.07) is 6.59. The van der Waals surface area contributed by atoms with Crippen molar-refractivity contribution in [2.75, 3.05) is 13.2 Å². The summed E-state index contributed by atoms with van der Waals surface area (Å²) in [7, 11) is -12.2. The molecule has 8 atom stereocenters. The van der Waals surface area contributed by atoms with Crippen LogP contribution in [0.5, 0.6) is 0 Å². The van der Waals surface area contributed by atoms with Gasteiger partial charge in [-0.3, -0.25) is 19.2 Å². The molecule has 0 unspecified atom stereocenters. The van der Waals surface area contributed by atoms with Crippen LogP contribution in [0.4, 0.5) is 26.3 Å². The fourth-order valence-electron chi connectivity index (χ4n) is 7.02. The Bertz CT molecular complexity index is 2370. The molecule has 1 saturated carbocycles. The minimum atomic E-state index is -6.09. The van der Waals surface area contributed by atoms with Gasteiger partial charge in [-0.1, -0.05) is 6.92 Å². The minimum absolute atomic E-state index is 0.00884. The van der Waals surface area contributed by atoms with Crippen LogP contribution < -0.4 is 9.13 Å². The molecule has 3 fully saturated rings. The summed E-state index contributed by atoms with van der Waals surface area (Å²) < 4.78 is 166. The first-order valence-corrected chi connectivity index (χ1v) is 23.4. The summed E-state index contributed by atoms with van der Waals surface area (Å²) in [6.45, 7) is 8.77. The van der Waals surface area contributed by atoms with Crippen LogP contribution in [0.25, 0.3) is 0 Å². The van der Waals surface area contributed by atoms with E-state index in [-0.39, 0.29) is 36.7 Å². The Labute approximate surface area is 395 Å². The van der Waals surface area contributed by atoms with E-state index in [4.69, 9.17) is 63.8 Å². The first-order chi connectivity index (χ1) is 32.2. The number of carbonyl (C=O) groups is 6. The molecule has 3 aliphatic rings. The average Bonchev–Trinajstić information content (AvgIpc) is 3.72. The Hall–Kier alpha value is -5.56. The van der Waals surface area contributed by atoms with Gasteiger partial charge in [0.2, 0.25) is 0 Å². The molecule has 0 radical (unpaired) electrons. The Morgan fingerprint density at radius 3 is 1.31 bits per heavy atom. The lowest BCUT2D eigenvalue weighted by atomic mass is 9.95. The maximum atomic E-state index is 13.2. The van der Waals surface area contributed by atoms with Crippen LogP contribution >= 0.6 is 0 Å². The number of halogens is 6. The second kappa shape index (κ2) is 24.5. The van der Waals surface area contributed by atoms with Crippen molar-refractivity contribution in [2.45, 2.75) is 127 Å². The molecule has 1 aliphatic carbocycles. The largest absolute Gasteiger partial charge is 0.741 e. The van der Waals surface area contributed by atoms with E-state index in [9.17, 15) is 55.1 Å². The van der Waals surface area contributed by atoms with Crippen molar-refractivity contribution in [3.8, 4) is 0 Å². The molecule has 22 nitrogen and oxygen atoms in total. The van der Waals surface area contributed by atoms with Crippen molar-refractivity contribution >= 4 is 56.1 Å². The SMILES string of the molecule is CC(=O)OC[C@H]1O[C@@H]([n+]2cccc(C(=O)OC3CCC(OC(=O)c4ccc[n+]([C@@H]5O[C@H](COC(C)=O)[C@@H](OC(C)=O)[C@H]5C)c4)CC3)c2)[C@H](OC(C)=O)[C@@H]1C.O=S(=O)([O-])C(F)(F)F.O=S(=O)([O-])C(F)(F)F. The molecular weight excluding hydrogens is 1010 g/mol. The molecule has 2 aromatic heterocycles. The van der Waals surface area contributed by atoms with Gasteiger partial charge < -0.3 is 47.0 Å². The van der Waals surface area contributed by atoms with Crippen LogP contribution in [0.3, 0.4) is 0 Å². The fraction of sp³-hybridized carbons (Fsp3) is 0.600. The summed E-state index contributed by atoms with van der Waals surface area (Å²) in [5, 5.41) is 0. The Kier molecular flexibility index (Phi) is 20.6. The molecule has 0 aromatic carbocycles. The summed E-state index contributed by atoms with van der Waals surface area (Å²) in [6.07, 6.45) is 3.79. The van der Waals surface area contributed by atoms with Crippen molar-refractivity contribution in [1.29, 1.82) is 0 Å². The van der Waals surface area contributed by atoms with Gasteiger partial charge in [0, 0.05) is 45.7 Å². The molecule has 4 heterocycles. The summed E-state index contributed by atoms with van der Waals surface area (Å²) in [5.74, 6) is -3.61. The number of esters is 6. The number of carbonyl (C=O) groups excluding carboxylic acids is 6. The smallest absolute Gasteiger partial charge is 0.485 e. The first-order valence-electron chi connectivity index (χ1n) is 20.6. The number of rotatable bonds is 12. The fourth-order valence-corrected chi connectivity index (χ4v) is 7.02. The van der Waals surface area contributed by atoms with Gasteiger partial charge in [0.15, 0.2) is 51.1 Å². The molecule has 0 bridgehead atoms. The van der Waals surface area contributed by atoms with E-state index in [1.54, 1.807) is 58.2 Å². The van der Waals surface area contributed by atoms with E-state index in [0.717, 1.165) is 0 Å². The lowest BCUT2D eigenvalue weighted by Crippen LogP contribution is -2.46. The van der Waals surface area contributed by atoms with Crippen molar-refractivity contribution < 1.29 is 128 Å². The van der Waals surface area contributed by atoms with E-state index in [1.165, 1.54) is 27.7 Å². The molecule has 5 rings (SSSR count). The van der Waals surface area contributed by atoms with Gasteiger partial charge in [-0.05, 0) is 44.7 Å². The number of ether oxygens (including phenoxy) is 8. The number of nitrogens with zero attached hydrogens (tertiary/aromatic N) is 2. The monoisotopic (exact) mass is 1050 g/mol. The third kappa shape index (κ3) is 17.4. The zero-order valence-electron chi connectivity index (χ0n) is 37.8. The lowest BCUT2D eigenvalue weighted by molar-refractivity contribution is -0.765. The topological polar surface area (TPSA) is 298 Å². The van der Waals surface area contributed by atoms with Gasteiger partial charge in [0.25, 0.3) is 6.23 Å². The Morgan fingerprint density at radius 1 is 0.586 bits per heavy atom.